The molecule has 6 heteroatoms. The van der Waals surface area contributed by atoms with E-state index in [1.165, 1.54) is 0 Å². The molecule has 0 aliphatic carbocycles. The minimum absolute atomic E-state index is 0.0294. The predicted octanol–water partition coefficient (Wildman–Crippen LogP) is 2.94. The smallest absolute Gasteiger partial charge is 0.245 e. The molecule has 0 atom stereocenters. The molecule has 24 heavy (non-hydrogen) atoms. The van der Waals surface area contributed by atoms with Gasteiger partial charge in [-0.1, -0.05) is 41.5 Å². The van der Waals surface area contributed by atoms with Crippen molar-refractivity contribution in [3.8, 4) is 0 Å². The van der Waals surface area contributed by atoms with Gasteiger partial charge < -0.3 is 10.2 Å². The Bertz CT molecular complexity index is 570. The predicted molar refractivity (Wildman–Crippen MR) is 96.9 cm³/mol. The first-order valence-electron chi connectivity index (χ1n) is 8.66. The largest absolute Gasteiger partial charge is 0.333 e. The third-order valence-electron chi connectivity index (χ3n) is 3.65. The molecule has 1 N–H and O–H groups in total. The fourth-order valence-corrected chi connectivity index (χ4v) is 2.37. The molecule has 1 rings (SSSR count). The van der Waals surface area contributed by atoms with Crippen LogP contribution >= 0.6 is 0 Å². The second-order valence-electron chi connectivity index (χ2n) is 7.75. The van der Waals surface area contributed by atoms with Gasteiger partial charge in [0.1, 0.15) is 5.82 Å². The van der Waals surface area contributed by atoms with Gasteiger partial charge in [-0.05, 0) is 12.3 Å². The number of rotatable bonds is 7. The number of aromatic nitrogens is 2. The molecular formula is C18H32N4O2. The number of nitrogens with one attached hydrogen (secondary N) is 1. The molecule has 1 aromatic heterocycles. The van der Waals surface area contributed by atoms with Crippen LogP contribution in [0.4, 0.5) is 5.82 Å². The molecular weight excluding hydrogens is 304 g/mol. The lowest BCUT2D eigenvalue weighted by Crippen LogP contribution is -2.40. The van der Waals surface area contributed by atoms with Crippen molar-refractivity contribution in [1.29, 1.82) is 0 Å². The third kappa shape index (κ3) is 5.98. The Balaban J connectivity index is 2.79. The molecule has 0 aromatic carbocycles. The van der Waals surface area contributed by atoms with E-state index in [9.17, 15) is 9.59 Å². The first kappa shape index (κ1) is 20.2. The fraction of sp³-hybridized carbons (Fsp3) is 0.722. The average molecular weight is 336 g/mol. The Morgan fingerprint density at radius 1 is 1.33 bits per heavy atom. The number of aryl methyl sites for hydroxylation is 1. The molecule has 2 amide bonds. The van der Waals surface area contributed by atoms with Crippen LogP contribution in [-0.2, 0) is 22.1 Å². The summed E-state index contributed by atoms with van der Waals surface area (Å²) in [5.41, 5.74) is 0.836. The molecule has 136 valence electrons. The molecule has 0 spiro atoms. The van der Waals surface area contributed by atoms with Crippen LogP contribution in [-0.4, -0.2) is 39.6 Å². The molecule has 0 fully saturated rings. The third-order valence-corrected chi connectivity index (χ3v) is 3.65. The number of anilines is 1. The summed E-state index contributed by atoms with van der Waals surface area (Å²) < 4.78 is 1.67. The first-order valence-corrected chi connectivity index (χ1v) is 8.66. The van der Waals surface area contributed by atoms with Gasteiger partial charge in [0.2, 0.25) is 11.8 Å². The molecule has 0 bridgehead atoms. The lowest BCUT2D eigenvalue weighted by molar-refractivity contribution is -0.135. The topological polar surface area (TPSA) is 67.2 Å². The maximum atomic E-state index is 12.4. The van der Waals surface area contributed by atoms with E-state index < -0.39 is 0 Å². The van der Waals surface area contributed by atoms with E-state index in [4.69, 9.17) is 0 Å². The van der Waals surface area contributed by atoms with Crippen LogP contribution in [0.3, 0.4) is 0 Å². The molecule has 1 aromatic rings. The lowest BCUT2D eigenvalue weighted by atomic mass is 9.92. The zero-order valence-electron chi connectivity index (χ0n) is 16.1. The summed E-state index contributed by atoms with van der Waals surface area (Å²) in [5.74, 6) is 0.811. The van der Waals surface area contributed by atoms with E-state index in [1.54, 1.807) is 16.6 Å². The monoisotopic (exact) mass is 336 g/mol. The van der Waals surface area contributed by atoms with E-state index in [0.717, 1.165) is 12.1 Å². The van der Waals surface area contributed by atoms with Crippen LogP contribution in [0.1, 0.15) is 60.1 Å². The minimum Gasteiger partial charge on any atom is -0.333 e. The van der Waals surface area contributed by atoms with Crippen molar-refractivity contribution in [2.24, 2.45) is 13.0 Å². The van der Waals surface area contributed by atoms with Gasteiger partial charge in [-0.2, -0.15) is 5.10 Å². The number of amides is 2. The van der Waals surface area contributed by atoms with Gasteiger partial charge in [-0.3, -0.25) is 14.3 Å². The summed E-state index contributed by atoms with van der Waals surface area (Å²) in [6, 6.07) is 1.89. The van der Waals surface area contributed by atoms with Gasteiger partial charge in [0.05, 0.1) is 12.2 Å². The minimum atomic E-state index is -0.191. The van der Waals surface area contributed by atoms with Crippen molar-refractivity contribution in [1.82, 2.24) is 14.7 Å². The van der Waals surface area contributed by atoms with Gasteiger partial charge in [0.25, 0.3) is 0 Å². The summed E-state index contributed by atoms with van der Waals surface area (Å²) >= 11 is 0. The highest BCUT2D eigenvalue weighted by Crippen LogP contribution is 2.23. The zero-order chi connectivity index (χ0) is 18.5. The highest BCUT2D eigenvalue weighted by molar-refractivity contribution is 5.94. The first-order chi connectivity index (χ1) is 11.0. The van der Waals surface area contributed by atoms with E-state index in [-0.39, 0.29) is 23.8 Å². The van der Waals surface area contributed by atoms with Gasteiger partial charge in [0, 0.05) is 31.5 Å². The Morgan fingerprint density at radius 2 is 1.96 bits per heavy atom. The number of carbonyl (C=O) groups excluding carboxylic acids is 2. The normalized spacial score (nSPS) is 11.7. The SMILES string of the molecule is CCCC(=O)N(CC(=O)Nc1cc(C(C)(C)C)nn1C)CC(C)C. The second kappa shape index (κ2) is 8.31. The van der Waals surface area contributed by atoms with Crippen LogP contribution in [0.2, 0.25) is 0 Å². The second-order valence-corrected chi connectivity index (χ2v) is 7.75. The molecule has 0 saturated carbocycles. The van der Waals surface area contributed by atoms with Crippen molar-refractivity contribution in [2.45, 2.75) is 59.8 Å². The summed E-state index contributed by atoms with van der Waals surface area (Å²) in [7, 11) is 1.80. The van der Waals surface area contributed by atoms with Crippen LogP contribution in [0.5, 0.6) is 0 Å². The quantitative estimate of drug-likeness (QED) is 0.832. The summed E-state index contributed by atoms with van der Waals surface area (Å²) in [5, 5.41) is 7.32. The number of hydrogen-bond acceptors (Lipinski definition) is 3. The van der Waals surface area contributed by atoms with Crippen LogP contribution < -0.4 is 5.32 Å². The van der Waals surface area contributed by atoms with E-state index in [1.807, 2.05) is 26.8 Å². The van der Waals surface area contributed by atoms with Crippen LogP contribution in [0.15, 0.2) is 6.07 Å². The van der Waals surface area contributed by atoms with Crippen molar-refractivity contribution in [3.63, 3.8) is 0 Å². The number of hydrogen-bond donors (Lipinski definition) is 1. The molecule has 0 aliphatic heterocycles. The Hall–Kier alpha value is -1.85. The molecule has 0 saturated heterocycles. The van der Waals surface area contributed by atoms with Gasteiger partial charge >= 0.3 is 0 Å². The maximum Gasteiger partial charge on any atom is 0.245 e. The molecule has 0 aliphatic rings. The summed E-state index contributed by atoms with van der Waals surface area (Å²) in [6.45, 7) is 13.0. The fourth-order valence-electron chi connectivity index (χ4n) is 2.37. The van der Waals surface area contributed by atoms with Crippen molar-refractivity contribution in [2.75, 3.05) is 18.4 Å². The highest BCUT2D eigenvalue weighted by atomic mass is 16.2. The highest BCUT2D eigenvalue weighted by Gasteiger charge is 2.21. The molecule has 1 heterocycles. The van der Waals surface area contributed by atoms with Crippen molar-refractivity contribution < 1.29 is 9.59 Å². The van der Waals surface area contributed by atoms with Gasteiger partial charge in [0.15, 0.2) is 0 Å². The number of carbonyl (C=O) groups is 2. The summed E-state index contributed by atoms with van der Waals surface area (Å²) in [6.07, 6.45) is 1.26. The van der Waals surface area contributed by atoms with Crippen molar-refractivity contribution >= 4 is 17.6 Å². The van der Waals surface area contributed by atoms with E-state index >= 15 is 0 Å². The standard InChI is InChI=1S/C18H32N4O2/c1-8-9-17(24)22(11-13(2)3)12-16(23)19-15-10-14(18(4,5)6)20-21(15)7/h10,13H,8-9,11-12H2,1-7H3,(H,19,23). The maximum absolute atomic E-state index is 12.4. The van der Waals surface area contributed by atoms with E-state index in [0.29, 0.717) is 24.7 Å². The zero-order valence-corrected chi connectivity index (χ0v) is 16.1. The molecule has 6 nitrogen and oxygen atoms in total. The van der Waals surface area contributed by atoms with E-state index in [2.05, 4.69) is 31.2 Å². The number of nitrogens with zero attached hydrogens (tertiary/aromatic N) is 3. The summed E-state index contributed by atoms with van der Waals surface area (Å²) in [4.78, 5) is 26.2. The van der Waals surface area contributed by atoms with Gasteiger partial charge in [-0.25, -0.2) is 0 Å². The van der Waals surface area contributed by atoms with Crippen LogP contribution in [0, 0.1) is 5.92 Å². The average Bonchev–Trinajstić information content (AvgIpc) is 2.79. The van der Waals surface area contributed by atoms with Crippen molar-refractivity contribution in [3.05, 3.63) is 11.8 Å². The van der Waals surface area contributed by atoms with Crippen LogP contribution in [0.25, 0.3) is 0 Å². The lowest BCUT2D eigenvalue weighted by Gasteiger charge is -2.24. The Kier molecular flexibility index (Phi) is 6.99. The Labute approximate surface area is 145 Å². The van der Waals surface area contributed by atoms with Gasteiger partial charge in [-0.15, -0.1) is 0 Å². The molecule has 0 unspecified atom stereocenters. The molecule has 0 radical (unpaired) electrons. The Morgan fingerprint density at radius 3 is 2.42 bits per heavy atom.